The molecule has 2 nitrogen and oxygen atoms in total. The Labute approximate surface area is 136 Å². The van der Waals surface area contributed by atoms with E-state index in [0.717, 1.165) is 26.2 Å². The molecule has 4 aliphatic rings. The minimum atomic E-state index is -4.56. The SMILES string of the molecule is CC(CI)(C(=O)OC12CC3CC(CC(C3)C1)C2)C(F)(F)F. The predicted octanol–water partition coefficient (Wildman–Crippen LogP) is 4.50. The molecule has 0 aromatic carbocycles. The van der Waals surface area contributed by atoms with Gasteiger partial charge in [-0.25, -0.2) is 0 Å². The fourth-order valence-corrected chi connectivity index (χ4v) is 5.46. The van der Waals surface area contributed by atoms with E-state index in [0.29, 0.717) is 17.8 Å². The number of alkyl halides is 4. The molecule has 0 saturated heterocycles. The zero-order valence-electron chi connectivity index (χ0n) is 12.0. The lowest BCUT2D eigenvalue weighted by molar-refractivity contribution is -0.240. The van der Waals surface area contributed by atoms with Gasteiger partial charge in [0.25, 0.3) is 0 Å². The number of carbonyl (C=O) groups is 1. The highest BCUT2D eigenvalue weighted by Crippen LogP contribution is 2.57. The summed E-state index contributed by atoms with van der Waals surface area (Å²) in [4.78, 5) is 12.3. The molecular formula is C15H20F3IO2. The van der Waals surface area contributed by atoms with Crippen LogP contribution in [0, 0.1) is 23.2 Å². The summed E-state index contributed by atoms with van der Waals surface area (Å²) >= 11 is 1.63. The van der Waals surface area contributed by atoms with Gasteiger partial charge in [-0.3, -0.25) is 4.79 Å². The second kappa shape index (κ2) is 4.99. The Kier molecular flexibility index (Phi) is 3.77. The second-order valence-corrected chi connectivity index (χ2v) is 8.22. The van der Waals surface area contributed by atoms with Gasteiger partial charge in [0.1, 0.15) is 5.60 Å². The van der Waals surface area contributed by atoms with Crippen molar-refractivity contribution in [3.05, 3.63) is 0 Å². The number of esters is 1. The van der Waals surface area contributed by atoms with Crippen molar-refractivity contribution >= 4 is 28.6 Å². The largest absolute Gasteiger partial charge is 0.458 e. The molecule has 1 atom stereocenters. The van der Waals surface area contributed by atoms with Crippen LogP contribution in [-0.4, -0.2) is 22.2 Å². The molecule has 0 aliphatic heterocycles. The van der Waals surface area contributed by atoms with E-state index in [-0.39, 0.29) is 4.43 Å². The van der Waals surface area contributed by atoms with Crippen molar-refractivity contribution in [1.82, 2.24) is 0 Å². The first-order valence-electron chi connectivity index (χ1n) is 7.54. The molecule has 0 N–H and O–H groups in total. The van der Waals surface area contributed by atoms with Gasteiger partial charge in [-0.1, -0.05) is 22.6 Å². The molecular weight excluding hydrogens is 396 g/mol. The van der Waals surface area contributed by atoms with E-state index in [4.69, 9.17) is 4.74 Å². The van der Waals surface area contributed by atoms with Gasteiger partial charge < -0.3 is 4.74 Å². The van der Waals surface area contributed by atoms with Crippen LogP contribution in [0.4, 0.5) is 13.2 Å². The van der Waals surface area contributed by atoms with Gasteiger partial charge in [-0.2, -0.15) is 13.2 Å². The molecule has 1 unspecified atom stereocenters. The predicted molar refractivity (Wildman–Crippen MR) is 80.0 cm³/mol. The topological polar surface area (TPSA) is 26.3 Å². The van der Waals surface area contributed by atoms with Gasteiger partial charge in [-0.05, 0) is 63.2 Å². The molecule has 0 spiro atoms. The van der Waals surface area contributed by atoms with Crippen LogP contribution in [0.25, 0.3) is 0 Å². The number of halogens is 4. The Balaban J connectivity index is 1.78. The number of hydrogen-bond donors (Lipinski definition) is 0. The van der Waals surface area contributed by atoms with Gasteiger partial charge in [0.05, 0.1) is 0 Å². The molecule has 0 aromatic rings. The highest BCUT2D eigenvalue weighted by Gasteiger charge is 2.60. The number of rotatable bonds is 3. The van der Waals surface area contributed by atoms with Crippen molar-refractivity contribution in [3.8, 4) is 0 Å². The van der Waals surface area contributed by atoms with E-state index >= 15 is 0 Å². The summed E-state index contributed by atoms with van der Waals surface area (Å²) in [6.45, 7) is 0.961. The molecule has 21 heavy (non-hydrogen) atoms. The smallest absolute Gasteiger partial charge is 0.405 e. The van der Waals surface area contributed by atoms with E-state index in [1.165, 1.54) is 19.3 Å². The molecule has 0 amide bonds. The van der Waals surface area contributed by atoms with Gasteiger partial charge in [0, 0.05) is 4.43 Å². The Hall–Kier alpha value is -0.0100. The van der Waals surface area contributed by atoms with Crippen molar-refractivity contribution < 1.29 is 22.7 Å². The molecule has 6 heteroatoms. The highest BCUT2D eigenvalue weighted by molar-refractivity contribution is 14.1. The minimum Gasteiger partial charge on any atom is -0.458 e. The summed E-state index contributed by atoms with van der Waals surface area (Å²) < 4.78 is 44.9. The number of hydrogen-bond acceptors (Lipinski definition) is 2. The van der Waals surface area contributed by atoms with Crippen LogP contribution in [0.15, 0.2) is 0 Å². The average Bonchev–Trinajstić information content (AvgIpc) is 2.33. The first-order chi connectivity index (χ1) is 9.67. The normalized spacial score (nSPS) is 40.9. The van der Waals surface area contributed by atoms with Crippen LogP contribution in [0.1, 0.15) is 45.4 Å². The molecule has 0 aromatic heterocycles. The van der Waals surface area contributed by atoms with E-state index in [1.54, 1.807) is 22.6 Å². The molecule has 120 valence electrons. The number of ether oxygens (including phenoxy) is 1. The van der Waals surface area contributed by atoms with Crippen LogP contribution in [0.2, 0.25) is 0 Å². The van der Waals surface area contributed by atoms with Crippen LogP contribution in [0.5, 0.6) is 0 Å². The van der Waals surface area contributed by atoms with Crippen LogP contribution >= 0.6 is 22.6 Å². The zero-order chi connectivity index (χ0) is 15.5. The lowest BCUT2D eigenvalue weighted by Crippen LogP contribution is -2.56. The third kappa shape index (κ3) is 2.59. The van der Waals surface area contributed by atoms with Crippen molar-refractivity contribution in [3.63, 3.8) is 0 Å². The summed E-state index contributed by atoms with van der Waals surface area (Å²) in [5.41, 5.74) is -3.00. The van der Waals surface area contributed by atoms with E-state index < -0.39 is 23.2 Å². The third-order valence-electron chi connectivity index (χ3n) is 5.63. The lowest BCUT2D eigenvalue weighted by atomic mass is 9.54. The van der Waals surface area contributed by atoms with E-state index in [2.05, 4.69) is 0 Å². The lowest BCUT2D eigenvalue weighted by Gasteiger charge is -2.56. The summed E-state index contributed by atoms with van der Waals surface area (Å²) in [5, 5.41) is 0. The number of carbonyl (C=O) groups excluding carboxylic acids is 1. The molecule has 4 fully saturated rings. The first-order valence-corrected chi connectivity index (χ1v) is 9.06. The molecule has 4 bridgehead atoms. The fraction of sp³-hybridized carbons (Fsp3) is 0.933. The molecule has 4 aliphatic carbocycles. The summed E-state index contributed by atoms with van der Waals surface area (Å²) in [7, 11) is 0. The average molecular weight is 416 g/mol. The molecule has 4 saturated carbocycles. The zero-order valence-corrected chi connectivity index (χ0v) is 14.2. The van der Waals surface area contributed by atoms with E-state index in [9.17, 15) is 18.0 Å². The molecule has 4 rings (SSSR count). The van der Waals surface area contributed by atoms with Crippen molar-refractivity contribution in [2.24, 2.45) is 23.2 Å². The van der Waals surface area contributed by atoms with Crippen molar-refractivity contribution in [1.29, 1.82) is 0 Å². The quantitative estimate of drug-likeness (QED) is 0.385. The Morgan fingerprint density at radius 3 is 1.90 bits per heavy atom. The van der Waals surface area contributed by atoms with Gasteiger partial charge in [-0.15, -0.1) is 0 Å². The maximum absolute atomic E-state index is 13.2. The maximum Gasteiger partial charge on any atom is 0.405 e. The molecule has 0 heterocycles. The van der Waals surface area contributed by atoms with Crippen LogP contribution < -0.4 is 0 Å². The van der Waals surface area contributed by atoms with Gasteiger partial charge >= 0.3 is 12.1 Å². The van der Waals surface area contributed by atoms with Crippen LogP contribution in [0.3, 0.4) is 0 Å². The Morgan fingerprint density at radius 2 is 1.57 bits per heavy atom. The van der Waals surface area contributed by atoms with E-state index in [1.807, 2.05) is 0 Å². The first kappa shape index (κ1) is 15.9. The van der Waals surface area contributed by atoms with Crippen molar-refractivity contribution in [2.45, 2.75) is 57.2 Å². The molecule has 0 radical (unpaired) electrons. The summed E-state index contributed by atoms with van der Waals surface area (Å²) in [5.74, 6) is 0.550. The highest BCUT2D eigenvalue weighted by atomic mass is 127. The standard InChI is InChI=1S/C15H20F3IO2/c1-13(8-19,15(16,17)18)12(20)21-14-5-9-2-10(6-14)4-11(3-9)7-14/h9-11H,2-8H2,1H3. The third-order valence-corrected chi connectivity index (χ3v) is 7.16. The van der Waals surface area contributed by atoms with Crippen molar-refractivity contribution in [2.75, 3.05) is 4.43 Å². The maximum atomic E-state index is 13.2. The summed E-state index contributed by atoms with van der Waals surface area (Å²) in [6.07, 6.45) is 1.23. The second-order valence-electron chi connectivity index (χ2n) is 7.45. The monoisotopic (exact) mass is 416 g/mol. The summed E-state index contributed by atoms with van der Waals surface area (Å²) in [6, 6.07) is 0. The fourth-order valence-electron chi connectivity index (χ4n) is 4.71. The van der Waals surface area contributed by atoms with Crippen LogP contribution in [-0.2, 0) is 9.53 Å². The van der Waals surface area contributed by atoms with Gasteiger partial charge in [0.2, 0.25) is 0 Å². The Bertz CT molecular complexity index is 413. The van der Waals surface area contributed by atoms with Gasteiger partial charge in [0.15, 0.2) is 5.41 Å². The minimum absolute atomic E-state index is 0.306. The Morgan fingerprint density at radius 1 is 1.14 bits per heavy atom.